The zero-order valence-electron chi connectivity index (χ0n) is 19.6. The van der Waals surface area contributed by atoms with Gasteiger partial charge in [0.15, 0.2) is 11.5 Å². The van der Waals surface area contributed by atoms with Crippen LogP contribution >= 0.6 is 11.8 Å². The Morgan fingerprint density at radius 1 is 0.944 bits per heavy atom. The highest BCUT2D eigenvalue weighted by molar-refractivity contribution is 8.18. The van der Waals surface area contributed by atoms with Crippen molar-refractivity contribution in [2.24, 2.45) is 0 Å². The van der Waals surface area contributed by atoms with Gasteiger partial charge in [0.2, 0.25) is 0 Å². The SMILES string of the molecule is CCOc1cc(/C=C2/SC(=O)N(CCc3ccccc3)C2=O)ccc1OCc1cccc([N+](=O)[O-])c1. The summed E-state index contributed by atoms with van der Waals surface area (Å²) in [6.07, 6.45) is 2.26. The molecule has 2 amide bonds. The number of ether oxygens (including phenoxy) is 2. The summed E-state index contributed by atoms with van der Waals surface area (Å²) >= 11 is 0.918. The van der Waals surface area contributed by atoms with E-state index >= 15 is 0 Å². The molecule has 4 rings (SSSR count). The van der Waals surface area contributed by atoms with Crippen LogP contribution in [0.3, 0.4) is 0 Å². The lowest BCUT2D eigenvalue weighted by atomic mass is 10.1. The molecule has 0 saturated carbocycles. The minimum absolute atomic E-state index is 0.00538. The summed E-state index contributed by atoms with van der Waals surface area (Å²) in [5, 5.41) is 10.7. The molecule has 36 heavy (non-hydrogen) atoms. The third-order valence-electron chi connectivity index (χ3n) is 5.42. The number of nitrogens with zero attached hydrogens (tertiary/aromatic N) is 2. The summed E-state index contributed by atoms with van der Waals surface area (Å²) in [6, 6.07) is 21.2. The molecule has 9 heteroatoms. The summed E-state index contributed by atoms with van der Waals surface area (Å²) in [5.41, 5.74) is 2.39. The predicted molar refractivity (Wildman–Crippen MR) is 138 cm³/mol. The van der Waals surface area contributed by atoms with Crippen LogP contribution < -0.4 is 9.47 Å². The number of imide groups is 1. The second-order valence-electron chi connectivity index (χ2n) is 7.92. The van der Waals surface area contributed by atoms with Crippen molar-refractivity contribution < 1.29 is 24.0 Å². The molecular weight excluding hydrogens is 480 g/mol. The lowest BCUT2D eigenvalue weighted by Gasteiger charge is -2.13. The number of rotatable bonds is 10. The number of carbonyl (C=O) groups excluding carboxylic acids is 2. The summed E-state index contributed by atoms with van der Waals surface area (Å²) in [5.74, 6) is 0.626. The third-order valence-corrected chi connectivity index (χ3v) is 6.33. The number of hydrogen-bond acceptors (Lipinski definition) is 7. The number of amides is 2. The molecule has 0 unspecified atom stereocenters. The maximum absolute atomic E-state index is 12.9. The van der Waals surface area contributed by atoms with Gasteiger partial charge in [-0.05, 0) is 60.0 Å². The molecule has 184 valence electrons. The Hall–Kier alpha value is -4.11. The standard InChI is InChI=1S/C27H24N2O6S/c1-2-34-24-16-20(11-12-23(24)35-18-21-9-6-10-22(15-21)29(32)33)17-25-26(30)28(27(31)36-25)14-13-19-7-4-3-5-8-19/h3-12,15-17H,2,13-14,18H2,1H3/b25-17+. The number of thioether (sulfide) groups is 1. The Kier molecular flexibility index (Phi) is 8.02. The number of benzene rings is 3. The van der Waals surface area contributed by atoms with Gasteiger partial charge in [-0.15, -0.1) is 0 Å². The van der Waals surface area contributed by atoms with Crippen molar-refractivity contribution in [3.8, 4) is 11.5 Å². The van der Waals surface area contributed by atoms with E-state index in [0.717, 1.165) is 17.3 Å². The summed E-state index contributed by atoms with van der Waals surface area (Å²) in [6.45, 7) is 2.68. The predicted octanol–water partition coefficient (Wildman–Crippen LogP) is 5.85. The van der Waals surface area contributed by atoms with Gasteiger partial charge < -0.3 is 9.47 Å². The molecule has 8 nitrogen and oxygen atoms in total. The monoisotopic (exact) mass is 504 g/mol. The molecular formula is C27H24N2O6S. The summed E-state index contributed by atoms with van der Waals surface area (Å²) < 4.78 is 11.6. The maximum Gasteiger partial charge on any atom is 0.293 e. The van der Waals surface area contributed by atoms with Crippen molar-refractivity contribution >= 4 is 34.7 Å². The van der Waals surface area contributed by atoms with Crippen LogP contribution in [-0.4, -0.2) is 34.1 Å². The van der Waals surface area contributed by atoms with Crippen molar-refractivity contribution in [3.63, 3.8) is 0 Å². The molecule has 1 fully saturated rings. The van der Waals surface area contributed by atoms with E-state index < -0.39 is 4.92 Å². The van der Waals surface area contributed by atoms with Gasteiger partial charge in [0.05, 0.1) is 16.4 Å². The minimum Gasteiger partial charge on any atom is -0.490 e. The Balaban J connectivity index is 1.46. The van der Waals surface area contributed by atoms with Crippen LogP contribution in [0.2, 0.25) is 0 Å². The summed E-state index contributed by atoms with van der Waals surface area (Å²) in [7, 11) is 0. The molecule has 0 aromatic heterocycles. The average molecular weight is 505 g/mol. The second kappa shape index (κ2) is 11.5. The minimum atomic E-state index is -0.451. The van der Waals surface area contributed by atoms with E-state index in [1.54, 1.807) is 36.4 Å². The molecule has 0 atom stereocenters. The average Bonchev–Trinajstić information content (AvgIpc) is 3.15. The van der Waals surface area contributed by atoms with E-state index in [2.05, 4.69) is 0 Å². The second-order valence-corrected chi connectivity index (χ2v) is 8.92. The van der Waals surface area contributed by atoms with Crippen molar-refractivity contribution in [1.29, 1.82) is 0 Å². The molecule has 1 aliphatic rings. The number of non-ortho nitro benzene ring substituents is 1. The quantitative estimate of drug-likeness (QED) is 0.194. The molecule has 3 aromatic rings. The Labute approximate surface area is 212 Å². The summed E-state index contributed by atoms with van der Waals surface area (Å²) in [4.78, 5) is 37.5. The highest BCUT2D eigenvalue weighted by Gasteiger charge is 2.34. The van der Waals surface area contributed by atoms with Gasteiger partial charge in [-0.2, -0.15) is 0 Å². The lowest BCUT2D eigenvalue weighted by Crippen LogP contribution is -2.30. The first-order valence-corrected chi connectivity index (χ1v) is 12.2. The fourth-order valence-corrected chi connectivity index (χ4v) is 4.52. The van der Waals surface area contributed by atoms with Crippen LogP contribution in [0.1, 0.15) is 23.6 Å². The molecule has 1 saturated heterocycles. The number of nitro benzene ring substituents is 1. The van der Waals surface area contributed by atoms with Gasteiger partial charge >= 0.3 is 0 Å². The van der Waals surface area contributed by atoms with Crippen LogP contribution in [0.25, 0.3) is 6.08 Å². The molecule has 0 spiro atoms. The molecule has 1 heterocycles. The van der Waals surface area contributed by atoms with Gasteiger partial charge in [0.1, 0.15) is 6.61 Å². The zero-order valence-corrected chi connectivity index (χ0v) is 20.4. The van der Waals surface area contributed by atoms with E-state index in [-0.39, 0.29) is 23.4 Å². The van der Waals surface area contributed by atoms with Crippen LogP contribution in [0.5, 0.6) is 11.5 Å². The van der Waals surface area contributed by atoms with Crippen molar-refractivity contribution in [1.82, 2.24) is 4.90 Å². The van der Waals surface area contributed by atoms with Crippen molar-refractivity contribution in [2.75, 3.05) is 13.2 Å². The van der Waals surface area contributed by atoms with Crippen molar-refractivity contribution in [2.45, 2.75) is 20.0 Å². The third kappa shape index (κ3) is 6.11. The maximum atomic E-state index is 12.9. The normalized spacial score (nSPS) is 14.4. The first-order chi connectivity index (χ1) is 17.4. The Morgan fingerprint density at radius 2 is 1.72 bits per heavy atom. The van der Waals surface area contributed by atoms with Gasteiger partial charge in [-0.25, -0.2) is 0 Å². The van der Waals surface area contributed by atoms with E-state index in [0.29, 0.717) is 47.1 Å². The van der Waals surface area contributed by atoms with Crippen molar-refractivity contribution in [3.05, 3.63) is 105 Å². The van der Waals surface area contributed by atoms with Crippen LogP contribution in [0.4, 0.5) is 10.5 Å². The molecule has 0 N–H and O–H groups in total. The molecule has 0 aliphatic carbocycles. The molecule has 1 aliphatic heterocycles. The first-order valence-electron chi connectivity index (χ1n) is 11.4. The van der Waals surface area contributed by atoms with Crippen LogP contribution in [-0.2, 0) is 17.8 Å². The van der Waals surface area contributed by atoms with E-state index in [1.165, 1.54) is 17.0 Å². The van der Waals surface area contributed by atoms with Gasteiger partial charge in [-0.3, -0.25) is 24.6 Å². The number of nitro groups is 1. The smallest absolute Gasteiger partial charge is 0.293 e. The number of hydrogen-bond donors (Lipinski definition) is 0. The van der Waals surface area contributed by atoms with Gasteiger partial charge in [-0.1, -0.05) is 48.5 Å². The largest absolute Gasteiger partial charge is 0.490 e. The van der Waals surface area contributed by atoms with E-state index in [9.17, 15) is 19.7 Å². The first kappa shape index (κ1) is 25.0. The Morgan fingerprint density at radius 3 is 2.47 bits per heavy atom. The van der Waals surface area contributed by atoms with Gasteiger partial charge in [0.25, 0.3) is 16.8 Å². The highest BCUT2D eigenvalue weighted by Crippen LogP contribution is 2.35. The fourth-order valence-electron chi connectivity index (χ4n) is 3.65. The zero-order chi connectivity index (χ0) is 25.5. The van der Waals surface area contributed by atoms with E-state index in [1.807, 2.05) is 37.3 Å². The highest BCUT2D eigenvalue weighted by atomic mass is 32.2. The lowest BCUT2D eigenvalue weighted by molar-refractivity contribution is -0.384. The van der Waals surface area contributed by atoms with E-state index in [4.69, 9.17) is 9.47 Å². The van der Waals surface area contributed by atoms with Crippen LogP contribution in [0, 0.1) is 10.1 Å². The topological polar surface area (TPSA) is 99.0 Å². The number of carbonyl (C=O) groups is 2. The molecule has 0 radical (unpaired) electrons. The van der Waals surface area contributed by atoms with Gasteiger partial charge in [0, 0.05) is 18.7 Å². The molecule has 3 aromatic carbocycles. The molecule has 0 bridgehead atoms. The Bertz CT molecular complexity index is 1310. The van der Waals surface area contributed by atoms with Crippen LogP contribution in [0.15, 0.2) is 77.7 Å². The fraction of sp³-hybridized carbons (Fsp3) is 0.185.